The van der Waals surface area contributed by atoms with Gasteiger partial charge in [-0.05, 0) is 51.7 Å². The minimum Gasteiger partial charge on any atom is -0.489 e. The molecule has 1 atom stereocenters. The minimum absolute atomic E-state index is 0.0487. The number of hydrogen-bond donors (Lipinski definition) is 0. The summed E-state index contributed by atoms with van der Waals surface area (Å²) in [4.78, 5) is 15.0. The molecule has 0 aliphatic carbocycles. The van der Waals surface area contributed by atoms with Crippen molar-refractivity contribution in [2.45, 2.75) is 65.0 Å². The van der Waals surface area contributed by atoms with Gasteiger partial charge in [-0.15, -0.1) is 0 Å². The van der Waals surface area contributed by atoms with E-state index in [2.05, 4.69) is 0 Å². The third-order valence-corrected chi connectivity index (χ3v) is 6.78. The standard InChI is InChI=1S/C26H34BNO5/c1-19-17-28(13-14-30-19)24(29)16-21-15-22(27-32-25(2,3)26(4,5)33-27)11-12-23(21)31-18-20-9-7-6-8-10-20/h6-12,15,19H,13-14,16-18H2,1-5H3. The number of benzene rings is 2. The molecule has 2 saturated heterocycles. The van der Waals surface area contributed by atoms with E-state index < -0.39 is 18.3 Å². The first-order valence-electron chi connectivity index (χ1n) is 11.7. The molecule has 0 aromatic heterocycles. The van der Waals surface area contributed by atoms with Crippen molar-refractivity contribution in [1.82, 2.24) is 4.90 Å². The van der Waals surface area contributed by atoms with E-state index in [0.29, 0.717) is 32.1 Å². The Labute approximate surface area is 197 Å². The van der Waals surface area contributed by atoms with Gasteiger partial charge in [-0.3, -0.25) is 4.79 Å². The van der Waals surface area contributed by atoms with Crippen LogP contribution in [0.2, 0.25) is 0 Å². The molecule has 2 aromatic rings. The van der Waals surface area contributed by atoms with E-state index in [1.165, 1.54) is 0 Å². The molecule has 1 amide bonds. The highest BCUT2D eigenvalue weighted by atomic mass is 16.7. The van der Waals surface area contributed by atoms with E-state index in [-0.39, 0.29) is 18.4 Å². The summed E-state index contributed by atoms with van der Waals surface area (Å²) in [6, 6.07) is 15.9. The van der Waals surface area contributed by atoms with Gasteiger partial charge >= 0.3 is 7.12 Å². The van der Waals surface area contributed by atoms with Crippen LogP contribution in [0, 0.1) is 0 Å². The second kappa shape index (κ2) is 9.49. The fourth-order valence-corrected chi connectivity index (χ4v) is 4.06. The number of carbonyl (C=O) groups is 1. The Morgan fingerprint density at radius 2 is 1.79 bits per heavy atom. The smallest absolute Gasteiger partial charge is 0.489 e. The first-order chi connectivity index (χ1) is 15.6. The second-order valence-corrected chi connectivity index (χ2v) is 9.93. The highest BCUT2D eigenvalue weighted by molar-refractivity contribution is 6.62. The molecule has 2 heterocycles. The van der Waals surface area contributed by atoms with Crippen molar-refractivity contribution in [3.8, 4) is 5.75 Å². The largest absolute Gasteiger partial charge is 0.494 e. The third-order valence-electron chi connectivity index (χ3n) is 6.78. The number of nitrogens with zero attached hydrogens (tertiary/aromatic N) is 1. The van der Waals surface area contributed by atoms with Crippen molar-refractivity contribution in [3.05, 3.63) is 59.7 Å². The Bertz CT molecular complexity index is 962. The molecule has 0 spiro atoms. The number of hydrogen-bond acceptors (Lipinski definition) is 5. The number of rotatable bonds is 6. The van der Waals surface area contributed by atoms with Gasteiger partial charge in [0.15, 0.2) is 0 Å². The van der Waals surface area contributed by atoms with Gasteiger partial charge in [0.05, 0.1) is 30.3 Å². The van der Waals surface area contributed by atoms with Gasteiger partial charge in [0, 0.05) is 18.7 Å². The molecule has 7 heteroatoms. The van der Waals surface area contributed by atoms with Gasteiger partial charge in [0.2, 0.25) is 5.91 Å². The lowest BCUT2D eigenvalue weighted by molar-refractivity contribution is -0.137. The summed E-state index contributed by atoms with van der Waals surface area (Å²) in [6.45, 7) is 12.4. The molecule has 6 nitrogen and oxygen atoms in total. The first kappa shape index (κ1) is 23.8. The molecule has 176 valence electrons. The molecule has 33 heavy (non-hydrogen) atoms. The average Bonchev–Trinajstić information content (AvgIpc) is 3.00. The van der Waals surface area contributed by atoms with Crippen LogP contribution in [0.4, 0.5) is 0 Å². The average molecular weight is 451 g/mol. The zero-order valence-electron chi connectivity index (χ0n) is 20.3. The maximum atomic E-state index is 13.1. The van der Waals surface area contributed by atoms with Gasteiger partial charge < -0.3 is 23.7 Å². The molecule has 0 saturated carbocycles. The number of carbonyl (C=O) groups excluding carboxylic acids is 1. The van der Waals surface area contributed by atoms with Crippen LogP contribution in [0.25, 0.3) is 0 Å². The molecule has 4 rings (SSSR count). The van der Waals surface area contributed by atoms with Gasteiger partial charge in [-0.1, -0.05) is 42.5 Å². The maximum Gasteiger partial charge on any atom is 0.494 e. The summed E-state index contributed by atoms with van der Waals surface area (Å²) in [6.07, 6.45) is 0.303. The monoisotopic (exact) mass is 451 g/mol. The highest BCUT2D eigenvalue weighted by Crippen LogP contribution is 2.36. The molecule has 2 aromatic carbocycles. The molecular formula is C26H34BNO5. The Morgan fingerprint density at radius 3 is 2.45 bits per heavy atom. The van der Waals surface area contributed by atoms with E-state index in [1.54, 1.807) is 0 Å². The van der Waals surface area contributed by atoms with E-state index in [0.717, 1.165) is 16.6 Å². The number of amides is 1. The molecule has 0 N–H and O–H groups in total. The normalized spacial score (nSPS) is 21.8. The molecule has 0 bridgehead atoms. The first-order valence-corrected chi connectivity index (χ1v) is 11.7. The SMILES string of the molecule is CC1CN(C(=O)Cc2cc(B3OC(C)(C)C(C)(C)O3)ccc2OCc2ccccc2)CCO1. The molecule has 2 aliphatic rings. The Balaban J connectivity index is 1.57. The minimum atomic E-state index is -0.490. The van der Waals surface area contributed by atoms with Crippen molar-refractivity contribution in [2.24, 2.45) is 0 Å². The van der Waals surface area contributed by atoms with E-state index in [9.17, 15) is 4.79 Å². The molecule has 2 aliphatic heterocycles. The van der Waals surface area contributed by atoms with Crippen LogP contribution in [0.3, 0.4) is 0 Å². The molecular weight excluding hydrogens is 417 g/mol. The van der Waals surface area contributed by atoms with Gasteiger partial charge in [0.1, 0.15) is 12.4 Å². The molecule has 1 unspecified atom stereocenters. The fraction of sp³-hybridized carbons (Fsp3) is 0.500. The molecule has 2 fully saturated rings. The van der Waals surface area contributed by atoms with Crippen LogP contribution >= 0.6 is 0 Å². The summed E-state index contributed by atoms with van der Waals surface area (Å²) in [5.41, 5.74) is 1.94. The van der Waals surface area contributed by atoms with Crippen LogP contribution in [-0.2, 0) is 31.9 Å². The quantitative estimate of drug-likeness (QED) is 0.631. The van der Waals surface area contributed by atoms with Gasteiger partial charge in [-0.25, -0.2) is 0 Å². The van der Waals surface area contributed by atoms with E-state index >= 15 is 0 Å². The van der Waals surface area contributed by atoms with Crippen LogP contribution in [0.15, 0.2) is 48.5 Å². The summed E-state index contributed by atoms with van der Waals surface area (Å²) in [5, 5.41) is 0. The third kappa shape index (κ3) is 5.43. The maximum absolute atomic E-state index is 13.1. The lowest BCUT2D eigenvalue weighted by Crippen LogP contribution is -2.45. The van der Waals surface area contributed by atoms with Crippen LogP contribution in [-0.4, -0.2) is 54.9 Å². The summed E-state index contributed by atoms with van der Waals surface area (Å²) in [7, 11) is -0.490. The zero-order chi connectivity index (χ0) is 23.6. The van der Waals surface area contributed by atoms with Crippen molar-refractivity contribution in [3.63, 3.8) is 0 Å². The van der Waals surface area contributed by atoms with Crippen molar-refractivity contribution >= 4 is 18.5 Å². The highest BCUT2D eigenvalue weighted by Gasteiger charge is 2.51. The second-order valence-electron chi connectivity index (χ2n) is 9.93. The topological polar surface area (TPSA) is 57.2 Å². The predicted molar refractivity (Wildman–Crippen MR) is 129 cm³/mol. The van der Waals surface area contributed by atoms with Gasteiger partial charge in [0.25, 0.3) is 0 Å². The lowest BCUT2D eigenvalue weighted by atomic mass is 9.78. The van der Waals surface area contributed by atoms with Crippen LogP contribution in [0.5, 0.6) is 5.75 Å². The Kier molecular flexibility index (Phi) is 6.84. The summed E-state index contributed by atoms with van der Waals surface area (Å²) >= 11 is 0. The summed E-state index contributed by atoms with van der Waals surface area (Å²) < 4.78 is 24.2. The van der Waals surface area contributed by atoms with Crippen LogP contribution in [0.1, 0.15) is 45.7 Å². The predicted octanol–water partition coefficient (Wildman–Crippen LogP) is 3.35. The van der Waals surface area contributed by atoms with Crippen molar-refractivity contribution in [1.29, 1.82) is 0 Å². The van der Waals surface area contributed by atoms with Gasteiger partial charge in [-0.2, -0.15) is 0 Å². The van der Waals surface area contributed by atoms with Crippen molar-refractivity contribution < 1.29 is 23.6 Å². The Morgan fingerprint density at radius 1 is 1.09 bits per heavy atom. The summed E-state index contributed by atoms with van der Waals surface area (Å²) in [5.74, 6) is 0.773. The van der Waals surface area contributed by atoms with E-state index in [1.807, 2.05) is 88.0 Å². The Hall–Kier alpha value is -2.35. The molecule has 0 radical (unpaired) electrons. The number of ether oxygens (including phenoxy) is 2. The lowest BCUT2D eigenvalue weighted by Gasteiger charge is -2.32. The van der Waals surface area contributed by atoms with E-state index in [4.69, 9.17) is 18.8 Å². The van der Waals surface area contributed by atoms with Crippen molar-refractivity contribution in [2.75, 3.05) is 19.7 Å². The van der Waals surface area contributed by atoms with Crippen LogP contribution < -0.4 is 10.2 Å². The fourth-order valence-electron chi connectivity index (χ4n) is 4.06. The zero-order valence-corrected chi connectivity index (χ0v) is 20.3. The number of morpholine rings is 1.